The molecule has 140 valence electrons. The maximum Gasteiger partial charge on any atom is 0.246 e. The zero-order valence-electron chi connectivity index (χ0n) is 15.6. The number of amides is 1. The molecule has 1 atom stereocenters. The van der Waals surface area contributed by atoms with E-state index < -0.39 is 0 Å². The first-order valence-corrected chi connectivity index (χ1v) is 9.44. The molecule has 3 rings (SSSR count). The summed E-state index contributed by atoms with van der Waals surface area (Å²) in [5.74, 6) is 1.97. The fourth-order valence-corrected chi connectivity index (χ4v) is 3.10. The lowest BCUT2D eigenvalue weighted by atomic mass is 10.0. The van der Waals surface area contributed by atoms with E-state index in [9.17, 15) is 4.79 Å². The van der Waals surface area contributed by atoms with Crippen molar-refractivity contribution >= 4 is 5.91 Å². The van der Waals surface area contributed by atoms with Crippen molar-refractivity contribution in [2.75, 3.05) is 19.7 Å². The van der Waals surface area contributed by atoms with Crippen molar-refractivity contribution < 1.29 is 9.53 Å². The number of likely N-dealkylation sites (tertiary alicyclic amines) is 1. The molecule has 1 aliphatic heterocycles. The molecule has 7 heteroatoms. The van der Waals surface area contributed by atoms with Crippen LogP contribution < -0.4 is 4.74 Å². The fraction of sp³-hybridized carbons (Fsp3) is 0.579. The first-order valence-electron chi connectivity index (χ1n) is 9.44. The van der Waals surface area contributed by atoms with Gasteiger partial charge in [-0.05, 0) is 54.7 Å². The van der Waals surface area contributed by atoms with Gasteiger partial charge in [0, 0.05) is 18.7 Å². The van der Waals surface area contributed by atoms with E-state index >= 15 is 0 Å². The normalized spacial score (nSPS) is 17.3. The minimum atomic E-state index is 0.0557. The lowest BCUT2D eigenvalue weighted by Gasteiger charge is -2.30. The second kappa shape index (κ2) is 8.78. The molecule has 26 heavy (non-hydrogen) atoms. The third-order valence-corrected chi connectivity index (χ3v) is 4.62. The van der Waals surface area contributed by atoms with Crippen LogP contribution in [0, 0.1) is 5.92 Å². The SMILES string of the molecule is CCCCOc1ccc(-c2nnn(CC(=O)N3CCCC(C)C3)n2)cc1. The third kappa shape index (κ3) is 4.80. The van der Waals surface area contributed by atoms with Crippen molar-refractivity contribution in [2.24, 2.45) is 5.92 Å². The van der Waals surface area contributed by atoms with Crippen molar-refractivity contribution in [2.45, 2.75) is 46.1 Å². The number of hydrogen-bond acceptors (Lipinski definition) is 5. The molecular formula is C19H27N5O2. The maximum absolute atomic E-state index is 12.4. The number of carbonyl (C=O) groups excluding carboxylic acids is 1. The summed E-state index contributed by atoms with van der Waals surface area (Å²) in [4.78, 5) is 15.7. The number of aromatic nitrogens is 4. The van der Waals surface area contributed by atoms with Crippen LogP contribution in [0.4, 0.5) is 0 Å². The van der Waals surface area contributed by atoms with Gasteiger partial charge in [-0.3, -0.25) is 4.79 Å². The molecule has 0 saturated carbocycles. The minimum Gasteiger partial charge on any atom is -0.494 e. The largest absolute Gasteiger partial charge is 0.494 e. The third-order valence-electron chi connectivity index (χ3n) is 4.62. The Morgan fingerprint density at radius 3 is 2.85 bits per heavy atom. The van der Waals surface area contributed by atoms with Gasteiger partial charge in [0.1, 0.15) is 12.3 Å². The Bertz CT molecular complexity index is 713. The Labute approximate surface area is 154 Å². The van der Waals surface area contributed by atoms with Crippen LogP contribution in [0.15, 0.2) is 24.3 Å². The first kappa shape index (κ1) is 18.4. The predicted molar refractivity (Wildman–Crippen MR) is 98.6 cm³/mol. The zero-order chi connectivity index (χ0) is 18.4. The van der Waals surface area contributed by atoms with Crippen molar-refractivity contribution in [3.05, 3.63) is 24.3 Å². The number of nitrogens with zero attached hydrogens (tertiary/aromatic N) is 5. The standard InChI is InChI=1S/C19H27N5O2/c1-3-4-12-26-17-9-7-16(8-10-17)19-20-22-24(21-19)14-18(25)23-11-5-6-15(2)13-23/h7-10,15H,3-6,11-14H2,1-2H3. The lowest BCUT2D eigenvalue weighted by Crippen LogP contribution is -2.41. The number of hydrogen-bond donors (Lipinski definition) is 0. The molecule has 1 amide bonds. The highest BCUT2D eigenvalue weighted by atomic mass is 16.5. The van der Waals surface area contributed by atoms with Crippen LogP contribution in [0.1, 0.15) is 39.5 Å². The van der Waals surface area contributed by atoms with Crippen LogP contribution in [-0.4, -0.2) is 50.7 Å². The van der Waals surface area contributed by atoms with Crippen molar-refractivity contribution in [1.29, 1.82) is 0 Å². The highest BCUT2D eigenvalue weighted by Crippen LogP contribution is 2.19. The summed E-state index contributed by atoms with van der Waals surface area (Å²) in [6.45, 7) is 6.82. The summed E-state index contributed by atoms with van der Waals surface area (Å²) in [5.41, 5.74) is 0.859. The number of unbranched alkanes of at least 4 members (excludes halogenated alkanes) is 1. The van der Waals surface area contributed by atoms with Gasteiger partial charge in [0.15, 0.2) is 0 Å². The molecule has 7 nitrogen and oxygen atoms in total. The fourth-order valence-electron chi connectivity index (χ4n) is 3.10. The Balaban J connectivity index is 1.58. The summed E-state index contributed by atoms with van der Waals surface area (Å²) < 4.78 is 5.66. The molecule has 1 saturated heterocycles. The average molecular weight is 357 g/mol. The van der Waals surface area contributed by atoms with Crippen LogP contribution in [0.3, 0.4) is 0 Å². The van der Waals surface area contributed by atoms with Gasteiger partial charge in [0.2, 0.25) is 11.7 Å². The molecule has 0 radical (unpaired) electrons. The number of rotatable bonds is 7. The first-order chi connectivity index (χ1) is 12.7. The van der Waals surface area contributed by atoms with E-state index in [0.29, 0.717) is 11.7 Å². The monoisotopic (exact) mass is 357 g/mol. The molecule has 0 N–H and O–H groups in total. The van der Waals surface area contributed by atoms with E-state index in [1.165, 1.54) is 11.2 Å². The lowest BCUT2D eigenvalue weighted by molar-refractivity contribution is -0.134. The summed E-state index contributed by atoms with van der Waals surface area (Å²) >= 11 is 0. The molecule has 1 aromatic carbocycles. The van der Waals surface area contributed by atoms with Crippen LogP contribution in [0.2, 0.25) is 0 Å². The second-order valence-electron chi connectivity index (χ2n) is 6.96. The van der Waals surface area contributed by atoms with Gasteiger partial charge in [-0.2, -0.15) is 4.80 Å². The molecule has 1 aliphatic rings. The minimum absolute atomic E-state index is 0.0557. The highest BCUT2D eigenvalue weighted by Gasteiger charge is 2.21. The zero-order valence-corrected chi connectivity index (χ0v) is 15.6. The van der Waals surface area contributed by atoms with Crippen LogP contribution in [-0.2, 0) is 11.3 Å². The molecule has 0 bridgehead atoms. The topological polar surface area (TPSA) is 73.1 Å². The predicted octanol–water partition coefficient (Wildman–Crippen LogP) is 2.78. The molecule has 1 aromatic heterocycles. The Morgan fingerprint density at radius 1 is 1.31 bits per heavy atom. The van der Waals surface area contributed by atoms with Gasteiger partial charge in [-0.1, -0.05) is 20.3 Å². The summed E-state index contributed by atoms with van der Waals surface area (Å²) in [6, 6.07) is 7.64. The number of tetrazole rings is 1. The molecule has 0 spiro atoms. The molecule has 1 fully saturated rings. The van der Waals surface area contributed by atoms with Gasteiger partial charge < -0.3 is 9.64 Å². The Hall–Kier alpha value is -2.44. The van der Waals surface area contributed by atoms with Gasteiger partial charge >= 0.3 is 0 Å². The summed E-state index contributed by atoms with van der Waals surface area (Å²) in [6.07, 6.45) is 4.41. The Morgan fingerprint density at radius 2 is 2.12 bits per heavy atom. The molecule has 2 aromatic rings. The van der Waals surface area contributed by atoms with E-state index in [1.807, 2.05) is 29.2 Å². The van der Waals surface area contributed by atoms with Crippen LogP contribution in [0.25, 0.3) is 11.4 Å². The molecular weight excluding hydrogens is 330 g/mol. The van der Waals surface area contributed by atoms with E-state index in [2.05, 4.69) is 29.3 Å². The molecule has 1 unspecified atom stereocenters. The Kier molecular flexibility index (Phi) is 6.20. The summed E-state index contributed by atoms with van der Waals surface area (Å²) in [7, 11) is 0. The van der Waals surface area contributed by atoms with Crippen molar-refractivity contribution in [3.63, 3.8) is 0 Å². The number of benzene rings is 1. The van der Waals surface area contributed by atoms with E-state index in [1.54, 1.807) is 0 Å². The number of piperidine rings is 1. The van der Waals surface area contributed by atoms with Crippen molar-refractivity contribution in [1.82, 2.24) is 25.1 Å². The smallest absolute Gasteiger partial charge is 0.246 e. The van der Waals surface area contributed by atoms with Gasteiger partial charge in [0.05, 0.1) is 6.61 Å². The number of carbonyl (C=O) groups is 1. The van der Waals surface area contributed by atoms with Gasteiger partial charge in [-0.15, -0.1) is 10.2 Å². The van der Waals surface area contributed by atoms with Gasteiger partial charge in [-0.25, -0.2) is 0 Å². The molecule has 0 aliphatic carbocycles. The molecule has 2 heterocycles. The van der Waals surface area contributed by atoms with Crippen LogP contribution in [0.5, 0.6) is 5.75 Å². The highest BCUT2D eigenvalue weighted by molar-refractivity contribution is 5.75. The quantitative estimate of drug-likeness (QED) is 0.713. The van der Waals surface area contributed by atoms with Crippen molar-refractivity contribution in [3.8, 4) is 17.1 Å². The second-order valence-corrected chi connectivity index (χ2v) is 6.96. The maximum atomic E-state index is 12.4. The van der Waals surface area contributed by atoms with E-state index in [4.69, 9.17) is 4.74 Å². The van der Waals surface area contributed by atoms with E-state index in [-0.39, 0.29) is 12.5 Å². The van der Waals surface area contributed by atoms with Gasteiger partial charge in [0.25, 0.3) is 0 Å². The number of ether oxygens (including phenoxy) is 1. The average Bonchev–Trinajstić information content (AvgIpc) is 3.11. The summed E-state index contributed by atoms with van der Waals surface area (Å²) in [5, 5.41) is 12.4. The van der Waals surface area contributed by atoms with E-state index in [0.717, 1.165) is 50.3 Å². The van der Waals surface area contributed by atoms with Crippen LogP contribution >= 0.6 is 0 Å².